The Kier molecular flexibility index (Phi) is 9.98. The van der Waals surface area contributed by atoms with Gasteiger partial charge in [-0.1, -0.05) is 12.2 Å². The third-order valence-electron chi connectivity index (χ3n) is 4.42. The normalized spacial score (nSPS) is 18.3. The highest BCUT2D eigenvalue weighted by Crippen LogP contribution is 2.32. The zero-order valence-electron chi connectivity index (χ0n) is 16.8. The topological polar surface area (TPSA) is 105 Å². The van der Waals surface area contributed by atoms with Crippen LogP contribution >= 0.6 is 0 Å². The predicted octanol–water partition coefficient (Wildman–Crippen LogP) is 2.12. The second-order valence-corrected chi connectivity index (χ2v) is 6.26. The van der Waals surface area contributed by atoms with E-state index in [2.05, 4.69) is 9.47 Å². The van der Waals surface area contributed by atoms with E-state index >= 15 is 0 Å². The molecule has 0 radical (unpaired) electrons. The quantitative estimate of drug-likeness (QED) is 0.202. The summed E-state index contributed by atoms with van der Waals surface area (Å²) in [6.45, 7) is 3.66. The van der Waals surface area contributed by atoms with Crippen molar-refractivity contribution in [3.8, 4) is 0 Å². The van der Waals surface area contributed by atoms with E-state index in [1.165, 1.54) is 14.2 Å². The fourth-order valence-electron chi connectivity index (χ4n) is 3.03. The first-order valence-corrected chi connectivity index (χ1v) is 9.32. The minimum Gasteiger partial charge on any atom is -0.465 e. The van der Waals surface area contributed by atoms with E-state index in [0.717, 1.165) is 0 Å². The van der Waals surface area contributed by atoms with Crippen molar-refractivity contribution in [2.75, 3.05) is 27.4 Å². The Balaban J connectivity index is 2.87. The van der Waals surface area contributed by atoms with E-state index in [1.54, 1.807) is 26.0 Å². The zero-order chi connectivity index (χ0) is 21.1. The Morgan fingerprint density at radius 1 is 0.679 bits per heavy atom. The predicted molar refractivity (Wildman–Crippen MR) is 98.9 cm³/mol. The Hall–Kier alpha value is -2.64. The molecule has 0 aromatic rings. The monoisotopic (exact) mass is 396 g/mol. The molecule has 0 amide bonds. The first-order valence-electron chi connectivity index (χ1n) is 9.32. The summed E-state index contributed by atoms with van der Waals surface area (Å²) >= 11 is 0. The van der Waals surface area contributed by atoms with Gasteiger partial charge in [-0.05, 0) is 51.4 Å². The molecule has 0 heterocycles. The van der Waals surface area contributed by atoms with E-state index in [-0.39, 0.29) is 36.2 Å². The van der Waals surface area contributed by atoms with Crippen LogP contribution in [0, 0.1) is 11.8 Å². The summed E-state index contributed by atoms with van der Waals surface area (Å²) in [5.74, 6) is -2.87. The lowest BCUT2D eigenvalue weighted by molar-refractivity contribution is -0.147. The molecule has 0 aliphatic heterocycles. The van der Waals surface area contributed by atoms with Gasteiger partial charge in [-0.15, -0.1) is 0 Å². The van der Waals surface area contributed by atoms with Crippen LogP contribution in [0.25, 0.3) is 0 Å². The molecule has 0 saturated heterocycles. The van der Waals surface area contributed by atoms with Gasteiger partial charge in [-0.2, -0.15) is 0 Å². The van der Waals surface area contributed by atoms with Crippen molar-refractivity contribution in [2.24, 2.45) is 11.8 Å². The number of carbonyl (C=O) groups excluding carboxylic acids is 4. The molecule has 156 valence electrons. The van der Waals surface area contributed by atoms with Crippen LogP contribution in [0.2, 0.25) is 0 Å². The first-order chi connectivity index (χ1) is 13.4. The molecule has 0 atom stereocenters. The minimum atomic E-state index is -0.735. The molecule has 1 rings (SSSR count). The number of ether oxygens (including phenoxy) is 4. The van der Waals surface area contributed by atoms with E-state index in [1.807, 2.05) is 0 Å². The minimum absolute atomic E-state index is 0.00633. The van der Waals surface area contributed by atoms with Crippen molar-refractivity contribution in [1.29, 1.82) is 0 Å². The van der Waals surface area contributed by atoms with Gasteiger partial charge in [-0.25, -0.2) is 19.2 Å². The summed E-state index contributed by atoms with van der Waals surface area (Å²) in [6, 6.07) is 0. The van der Waals surface area contributed by atoms with E-state index < -0.39 is 23.9 Å². The standard InChI is InChI=1S/C20H28O8/c1-5-27-19(23)16(20(24)28-6-2)12-14-9-7-13(8-10-14)11-15(17(21)25-3)18(22)26-4/h11-14H,5-10H2,1-4H3. The van der Waals surface area contributed by atoms with Crippen molar-refractivity contribution in [1.82, 2.24) is 0 Å². The lowest BCUT2D eigenvalue weighted by Crippen LogP contribution is -2.22. The second kappa shape index (κ2) is 11.9. The first kappa shape index (κ1) is 23.4. The summed E-state index contributed by atoms with van der Waals surface area (Å²) in [7, 11) is 2.40. The van der Waals surface area contributed by atoms with Crippen LogP contribution in [0.1, 0.15) is 39.5 Å². The molecule has 0 unspecified atom stereocenters. The average molecular weight is 396 g/mol. The van der Waals surface area contributed by atoms with Crippen molar-refractivity contribution >= 4 is 23.9 Å². The molecular formula is C20H28O8. The third kappa shape index (κ3) is 6.83. The molecule has 1 fully saturated rings. The van der Waals surface area contributed by atoms with Crippen molar-refractivity contribution in [3.63, 3.8) is 0 Å². The highest BCUT2D eigenvalue weighted by atomic mass is 16.6. The molecule has 8 heteroatoms. The maximum Gasteiger partial charge on any atom is 0.345 e. The fraction of sp³-hybridized carbons (Fsp3) is 0.600. The molecular weight excluding hydrogens is 368 g/mol. The maximum absolute atomic E-state index is 12.1. The number of esters is 4. The fourth-order valence-corrected chi connectivity index (χ4v) is 3.03. The molecule has 0 bridgehead atoms. The summed E-state index contributed by atoms with van der Waals surface area (Å²) in [4.78, 5) is 47.6. The van der Waals surface area contributed by atoms with Crippen molar-refractivity contribution in [3.05, 3.63) is 23.3 Å². The molecule has 1 aliphatic carbocycles. The number of hydrogen-bond acceptors (Lipinski definition) is 8. The Bertz CT molecular complexity index is 601. The van der Waals surface area contributed by atoms with E-state index in [0.29, 0.717) is 25.7 Å². The Morgan fingerprint density at radius 3 is 1.29 bits per heavy atom. The van der Waals surface area contributed by atoms with Crippen molar-refractivity contribution < 1.29 is 38.1 Å². The van der Waals surface area contributed by atoms with E-state index in [9.17, 15) is 19.2 Å². The summed E-state index contributed by atoms with van der Waals surface area (Å²) < 4.78 is 19.1. The van der Waals surface area contributed by atoms with Gasteiger partial charge < -0.3 is 18.9 Å². The molecule has 28 heavy (non-hydrogen) atoms. The molecule has 0 aromatic carbocycles. The van der Waals surface area contributed by atoms with Crippen LogP contribution in [0.4, 0.5) is 0 Å². The van der Waals surface area contributed by atoms with Gasteiger partial charge >= 0.3 is 23.9 Å². The Labute approximate surface area is 164 Å². The van der Waals surface area contributed by atoms with Gasteiger partial charge in [0.2, 0.25) is 0 Å². The lowest BCUT2D eigenvalue weighted by Gasteiger charge is -2.25. The second-order valence-electron chi connectivity index (χ2n) is 6.26. The average Bonchev–Trinajstić information content (AvgIpc) is 2.70. The van der Waals surface area contributed by atoms with Crippen LogP contribution in [0.15, 0.2) is 23.3 Å². The molecule has 0 spiro atoms. The molecule has 1 saturated carbocycles. The van der Waals surface area contributed by atoms with Crippen LogP contribution in [0.3, 0.4) is 0 Å². The third-order valence-corrected chi connectivity index (χ3v) is 4.42. The van der Waals surface area contributed by atoms with Gasteiger partial charge in [0.1, 0.15) is 11.1 Å². The van der Waals surface area contributed by atoms with Crippen LogP contribution in [0.5, 0.6) is 0 Å². The smallest absolute Gasteiger partial charge is 0.345 e. The van der Waals surface area contributed by atoms with Crippen molar-refractivity contribution in [2.45, 2.75) is 39.5 Å². The van der Waals surface area contributed by atoms with Crippen LogP contribution in [-0.2, 0) is 38.1 Å². The van der Waals surface area contributed by atoms with Gasteiger partial charge in [0, 0.05) is 0 Å². The summed E-state index contributed by atoms with van der Waals surface area (Å²) in [5.41, 5.74) is -0.213. The van der Waals surface area contributed by atoms with Crippen LogP contribution in [-0.4, -0.2) is 51.3 Å². The molecule has 1 aliphatic rings. The van der Waals surface area contributed by atoms with E-state index in [4.69, 9.17) is 9.47 Å². The zero-order valence-corrected chi connectivity index (χ0v) is 16.8. The summed E-state index contributed by atoms with van der Waals surface area (Å²) in [6.07, 6.45) is 5.90. The number of hydrogen-bond donors (Lipinski definition) is 0. The number of rotatable bonds is 8. The molecule has 0 aromatic heterocycles. The van der Waals surface area contributed by atoms with Gasteiger partial charge in [0.25, 0.3) is 0 Å². The highest BCUT2D eigenvalue weighted by Gasteiger charge is 2.27. The lowest BCUT2D eigenvalue weighted by atomic mass is 9.80. The number of methoxy groups -OCH3 is 2. The van der Waals surface area contributed by atoms with Gasteiger partial charge in [0.15, 0.2) is 0 Å². The van der Waals surface area contributed by atoms with Crippen LogP contribution < -0.4 is 0 Å². The SMILES string of the molecule is CCOC(=O)C(=CC1CCC(C=C(C(=O)OC)C(=O)OC)CC1)C(=O)OCC. The highest BCUT2D eigenvalue weighted by molar-refractivity contribution is 6.14. The van der Waals surface area contributed by atoms with Gasteiger partial charge in [0.05, 0.1) is 27.4 Å². The molecule has 0 N–H and O–H groups in total. The van der Waals surface area contributed by atoms with Gasteiger partial charge in [-0.3, -0.25) is 0 Å². The maximum atomic E-state index is 12.1. The molecule has 8 nitrogen and oxygen atoms in total. The largest absolute Gasteiger partial charge is 0.465 e. The number of allylic oxidation sites excluding steroid dienone is 2. The number of carbonyl (C=O) groups is 4. The Morgan fingerprint density at radius 2 is 1.00 bits per heavy atom. The summed E-state index contributed by atoms with van der Waals surface area (Å²) in [5, 5.41) is 0.